The van der Waals surface area contributed by atoms with Gasteiger partial charge in [-0.3, -0.25) is 28.0 Å². The molecule has 3 unspecified atom stereocenters. The van der Waals surface area contributed by atoms with Crippen LogP contribution >= 0.6 is 7.82 Å². The van der Waals surface area contributed by atoms with Gasteiger partial charge < -0.3 is 45.5 Å². The molecule has 2 aliphatic heterocycles. The van der Waals surface area contributed by atoms with Crippen molar-refractivity contribution in [2.24, 2.45) is 0 Å². The SMILES string of the molecule is Nc1ncn([C@@H]2O[C@H](CO)C(OP(=O)(O)OC[C@H]3O[C@@H](n4cnc5c(=O)[nH]c(N)nc54)[C@@H](OC(=O)c4ccccc4)C3O)[C@@H]2OC(=O)c2ccccc2)c(=O)n1. The van der Waals surface area contributed by atoms with Gasteiger partial charge in [0.2, 0.25) is 11.9 Å². The van der Waals surface area contributed by atoms with Crippen LogP contribution in [0, 0.1) is 0 Å². The van der Waals surface area contributed by atoms with E-state index >= 15 is 0 Å². The number of hydrogen-bond donors (Lipinski definition) is 6. The second kappa shape index (κ2) is 15.7. The molecular weight excluding hydrogens is 765 g/mol. The van der Waals surface area contributed by atoms with E-state index in [1.54, 1.807) is 36.4 Å². The molecule has 5 heterocycles. The van der Waals surface area contributed by atoms with Crippen molar-refractivity contribution in [2.45, 2.75) is 49.1 Å². The molecule has 9 atom stereocenters. The fourth-order valence-corrected chi connectivity index (χ4v) is 7.04. The summed E-state index contributed by atoms with van der Waals surface area (Å²) >= 11 is 0. The molecule has 0 radical (unpaired) electrons. The van der Waals surface area contributed by atoms with Gasteiger partial charge in [0.15, 0.2) is 35.8 Å². The van der Waals surface area contributed by atoms with Crippen LogP contribution in [0.15, 0.2) is 82.9 Å². The number of aromatic nitrogens is 7. The monoisotopic (exact) mass is 797 g/mol. The first-order valence-corrected chi connectivity index (χ1v) is 18.0. The molecule has 0 bridgehead atoms. The average Bonchev–Trinajstić information content (AvgIpc) is 3.84. The van der Waals surface area contributed by atoms with E-state index in [1.807, 2.05) is 0 Å². The molecule has 294 valence electrons. The maximum Gasteiger partial charge on any atom is 0.472 e. The van der Waals surface area contributed by atoms with Gasteiger partial charge in [0.05, 0.1) is 30.7 Å². The van der Waals surface area contributed by atoms with Crippen LogP contribution in [-0.4, -0.2) is 111 Å². The fraction of sp³-hybridized carbons (Fsp3) is 0.312. The van der Waals surface area contributed by atoms with Crippen molar-refractivity contribution in [3.63, 3.8) is 0 Å². The van der Waals surface area contributed by atoms with Gasteiger partial charge in [-0.05, 0) is 24.3 Å². The normalized spacial score (nSPS) is 25.8. The van der Waals surface area contributed by atoms with Gasteiger partial charge in [-0.25, -0.2) is 28.9 Å². The number of esters is 2. The predicted molar refractivity (Wildman–Crippen MR) is 186 cm³/mol. The number of hydrogen-bond acceptors (Lipinski definition) is 19. The van der Waals surface area contributed by atoms with Gasteiger partial charge in [0.25, 0.3) is 5.56 Å². The third-order valence-electron chi connectivity index (χ3n) is 8.68. The predicted octanol–water partition coefficient (Wildman–Crippen LogP) is -0.963. The zero-order valence-electron chi connectivity index (χ0n) is 28.6. The molecule has 3 aromatic heterocycles. The van der Waals surface area contributed by atoms with Crippen molar-refractivity contribution in [3.8, 4) is 0 Å². The largest absolute Gasteiger partial charge is 0.472 e. The van der Waals surface area contributed by atoms with E-state index in [-0.39, 0.29) is 34.2 Å². The number of nitrogens with zero attached hydrogens (tertiary/aromatic N) is 6. The number of ether oxygens (including phenoxy) is 4. The first-order valence-electron chi connectivity index (χ1n) is 16.5. The number of H-pyrrole nitrogens is 1. The van der Waals surface area contributed by atoms with Crippen LogP contribution in [0.3, 0.4) is 0 Å². The molecule has 0 amide bonds. The number of nitrogens with two attached hydrogens (primary N) is 2. The summed E-state index contributed by atoms with van der Waals surface area (Å²) in [4.78, 5) is 80.3. The van der Waals surface area contributed by atoms with E-state index in [1.165, 1.54) is 28.8 Å². The molecule has 5 aromatic rings. The van der Waals surface area contributed by atoms with E-state index in [0.29, 0.717) is 0 Å². The summed E-state index contributed by atoms with van der Waals surface area (Å²) in [6.07, 6.45) is -10.7. The maximum absolute atomic E-state index is 13.6. The number of benzene rings is 2. The van der Waals surface area contributed by atoms with Gasteiger partial charge in [0, 0.05) is 0 Å². The second-order valence-electron chi connectivity index (χ2n) is 12.3. The molecule has 0 saturated carbocycles. The number of aliphatic hydroxyl groups excluding tert-OH is 2. The number of imidazole rings is 1. The number of carbonyl (C=O) groups is 2. The number of carbonyl (C=O) groups excluding carboxylic acids is 2. The number of anilines is 2. The molecule has 2 saturated heterocycles. The molecule has 2 aromatic carbocycles. The molecule has 0 aliphatic carbocycles. The average molecular weight is 798 g/mol. The van der Waals surface area contributed by atoms with Gasteiger partial charge in [-0.1, -0.05) is 36.4 Å². The number of aromatic amines is 1. The lowest BCUT2D eigenvalue weighted by molar-refractivity contribution is -0.0617. The van der Waals surface area contributed by atoms with E-state index in [2.05, 4.69) is 24.9 Å². The van der Waals surface area contributed by atoms with Crippen LogP contribution in [0.4, 0.5) is 11.9 Å². The maximum atomic E-state index is 13.6. The van der Waals surface area contributed by atoms with E-state index in [9.17, 15) is 38.8 Å². The van der Waals surface area contributed by atoms with Crippen LogP contribution in [0.1, 0.15) is 33.2 Å². The van der Waals surface area contributed by atoms with Crippen molar-refractivity contribution in [1.29, 1.82) is 0 Å². The lowest BCUT2D eigenvalue weighted by atomic mass is 10.1. The molecular formula is C32H32N9O14P. The zero-order valence-corrected chi connectivity index (χ0v) is 29.5. The number of fused-ring (bicyclic) bond motifs is 1. The van der Waals surface area contributed by atoms with Crippen LogP contribution in [0.2, 0.25) is 0 Å². The molecule has 2 aliphatic rings. The number of nitrogens with one attached hydrogen (secondary N) is 1. The quantitative estimate of drug-likeness (QED) is 0.0654. The van der Waals surface area contributed by atoms with Crippen molar-refractivity contribution in [2.75, 3.05) is 24.7 Å². The highest BCUT2D eigenvalue weighted by Crippen LogP contribution is 2.50. The molecule has 24 heteroatoms. The minimum absolute atomic E-state index is 0.0550. The lowest BCUT2D eigenvalue weighted by Gasteiger charge is -2.26. The highest BCUT2D eigenvalue weighted by molar-refractivity contribution is 7.47. The Balaban J connectivity index is 1.14. The summed E-state index contributed by atoms with van der Waals surface area (Å²) in [5.41, 5.74) is 9.48. The van der Waals surface area contributed by atoms with Gasteiger partial charge in [-0.2, -0.15) is 9.97 Å². The summed E-state index contributed by atoms with van der Waals surface area (Å²) in [6.45, 7) is -1.76. The third-order valence-corrected chi connectivity index (χ3v) is 9.67. The Bertz CT molecular complexity index is 2400. The lowest BCUT2D eigenvalue weighted by Crippen LogP contribution is -2.41. The number of aliphatic hydroxyl groups is 2. The number of phosphoric ester groups is 1. The van der Waals surface area contributed by atoms with E-state index in [0.717, 1.165) is 17.2 Å². The van der Waals surface area contributed by atoms with Crippen LogP contribution in [0.5, 0.6) is 0 Å². The molecule has 8 N–H and O–H groups in total. The number of nitrogen functional groups attached to an aromatic ring is 2. The second-order valence-corrected chi connectivity index (χ2v) is 13.7. The van der Waals surface area contributed by atoms with Crippen molar-refractivity contribution < 1.29 is 57.3 Å². The smallest absolute Gasteiger partial charge is 0.451 e. The first-order chi connectivity index (χ1) is 26.8. The molecule has 2 fully saturated rings. The minimum atomic E-state index is -5.30. The van der Waals surface area contributed by atoms with Crippen LogP contribution < -0.4 is 22.7 Å². The highest BCUT2D eigenvalue weighted by atomic mass is 31.2. The Labute approximate surface area is 313 Å². The molecule has 7 rings (SSSR count). The van der Waals surface area contributed by atoms with E-state index in [4.69, 9.17) is 39.5 Å². The Kier molecular flexibility index (Phi) is 10.7. The Morgan fingerprint density at radius 1 is 0.839 bits per heavy atom. The van der Waals surface area contributed by atoms with Gasteiger partial charge in [0.1, 0.15) is 30.7 Å². The molecule has 0 spiro atoms. The molecule has 23 nitrogen and oxygen atoms in total. The van der Waals surface area contributed by atoms with Gasteiger partial charge >= 0.3 is 25.5 Å². The Hall–Kier alpha value is -5.91. The van der Waals surface area contributed by atoms with Crippen molar-refractivity contribution in [1.82, 2.24) is 34.1 Å². The number of rotatable bonds is 12. The topological polar surface area (TPSA) is 331 Å². The summed E-state index contributed by atoms with van der Waals surface area (Å²) < 4.78 is 49.2. The van der Waals surface area contributed by atoms with Gasteiger partial charge in [-0.15, -0.1) is 0 Å². The first kappa shape index (κ1) is 38.4. The molecule has 56 heavy (non-hydrogen) atoms. The summed E-state index contributed by atoms with van der Waals surface area (Å²) in [6, 6.07) is 15.4. The van der Waals surface area contributed by atoms with Crippen molar-refractivity contribution in [3.05, 3.63) is 105 Å². The van der Waals surface area contributed by atoms with Crippen molar-refractivity contribution >= 4 is 42.8 Å². The van der Waals surface area contributed by atoms with Crippen LogP contribution in [0.25, 0.3) is 11.2 Å². The van der Waals surface area contributed by atoms with E-state index < -0.39 is 93.3 Å². The minimum Gasteiger partial charge on any atom is -0.451 e. The Morgan fingerprint density at radius 3 is 2.05 bits per heavy atom. The summed E-state index contributed by atoms with van der Waals surface area (Å²) in [7, 11) is -5.30. The zero-order chi connectivity index (χ0) is 39.7. The highest BCUT2D eigenvalue weighted by Gasteiger charge is 2.53. The fourth-order valence-electron chi connectivity index (χ4n) is 6.08. The standard InChI is InChI=1S/C32H32N9O14P/c33-30-36-14-41(32(47)39-30)27-23(54-29(46)16-9-5-2-6-10-16)21(17(11-42)51-27)55-56(48,49)50-12-18-20(43)22(53-28(45)15-7-3-1-4-8-15)26(52-18)40-13-35-19-24(40)37-31(34)38-25(19)44/h1-10,13-14,17-18,20-23,26-27,42-43H,11-12H2,(H,48,49)(H2,33,39,47)(H3,34,37,38,44)/t17-,18-,20?,21?,22+,23+,26-,27-/m1/s1. The Morgan fingerprint density at radius 2 is 1.43 bits per heavy atom. The number of phosphoric acid groups is 1. The summed E-state index contributed by atoms with van der Waals surface area (Å²) in [5, 5.41) is 21.6. The third kappa shape index (κ3) is 7.78. The van der Waals surface area contributed by atoms with Crippen LogP contribution in [-0.2, 0) is 32.6 Å². The summed E-state index contributed by atoms with van der Waals surface area (Å²) in [5.74, 6) is -2.49.